The first kappa shape index (κ1) is 27.5. The van der Waals surface area contributed by atoms with Gasteiger partial charge in [-0.3, -0.25) is 9.59 Å². The molecule has 1 fully saturated rings. The van der Waals surface area contributed by atoms with Gasteiger partial charge in [-0.1, -0.05) is 70.5 Å². The number of halogens is 2. The molecule has 4 aromatic carbocycles. The van der Waals surface area contributed by atoms with Crippen molar-refractivity contribution in [1.29, 1.82) is 0 Å². The van der Waals surface area contributed by atoms with E-state index in [1.54, 1.807) is 84.9 Å². The average Bonchev–Trinajstić information content (AvgIpc) is 2.94. The van der Waals surface area contributed by atoms with Crippen LogP contribution in [-0.2, 0) is 19.7 Å². The van der Waals surface area contributed by atoms with Crippen molar-refractivity contribution < 1.29 is 27.0 Å². The number of para-hydroxylation sites is 2. The molecule has 0 radical (unpaired) electrons. The Kier molecular flexibility index (Phi) is 7.70. The molecule has 1 aliphatic heterocycles. The zero-order valence-corrected chi connectivity index (χ0v) is 24.4. The number of hydrogen-bond donors (Lipinski definition) is 0. The van der Waals surface area contributed by atoms with Gasteiger partial charge in [0, 0.05) is 10.0 Å². The van der Waals surface area contributed by atoms with Gasteiger partial charge < -0.3 is 4.18 Å². The van der Waals surface area contributed by atoms with Crippen LogP contribution in [0, 0.1) is 0 Å². The third-order valence-electron chi connectivity index (χ3n) is 5.84. The Hall–Kier alpha value is -4.06. The van der Waals surface area contributed by atoms with Crippen LogP contribution < -0.4 is 14.0 Å². The Bertz CT molecular complexity index is 1700. The molecule has 5 rings (SSSR count). The molecule has 0 aromatic heterocycles. The summed E-state index contributed by atoms with van der Waals surface area (Å²) in [6.45, 7) is 0. The van der Waals surface area contributed by atoms with Crippen LogP contribution in [0.2, 0.25) is 0 Å². The minimum atomic E-state index is -4.27. The van der Waals surface area contributed by atoms with Crippen molar-refractivity contribution >= 4 is 77.3 Å². The summed E-state index contributed by atoms with van der Waals surface area (Å²) < 4.78 is 32.4. The van der Waals surface area contributed by atoms with Crippen LogP contribution in [0.25, 0.3) is 6.08 Å². The monoisotopic (exact) mass is 680 g/mol. The second-order valence-electron chi connectivity index (χ2n) is 8.45. The Morgan fingerprint density at radius 3 is 1.65 bits per heavy atom. The molecule has 0 aliphatic carbocycles. The normalized spacial score (nSPS) is 13.9. The summed E-state index contributed by atoms with van der Waals surface area (Å²) in [5.41, 5.74) is 0.248. The van der Waals surface area contributed by atoms with Crippen molar-refractivity contribution in [3.63, 3.8) is 0 Å². The Morgan fingerprint density at radius 2 is 1.15 bits per heavy atom. The number of urea groups is 1. The van der Waals surface area contributed by atoms with E-state index in [-0.39, 0.29) is 37.6 Å². The second-order valence-corrected chi connectivity index (χ2v) is 11.8. The van der Waals surface area contributed by atoms with Crippen molar-refractivity contribution in [3.8, 4) is 5.75 Å². The molecule has 200 valence electrons. The molecule has 1 aliphatic rings. The summed E-state index contributed by atoms with van der Waals surface area (Å²) in [6, 6.07) is 26.2. The lowest BCUT2D eigenvalue weighted by Gasteiger charge is -2.34. The summed E-state index contributed by atoms with van der Waals surface area (Å²) in [6.07, 6.45) is 1.22. The minimum absolute atomic E-state index is 0.0793. The highest BCUT2D eigenvalue weighted by Gasteiger charge is 2.44. The Balaban J connectivity index is 1.67. The SMILES string of the molecule is O=C1C(=Cc2cc(Br)cc(Br)c2OS(=O)(=O)c2ccccc2)C(=O)N(c2ccccc2)C(=O)N1c1ccccc1. The maximum absolute atomic E-state index is 13.7. The number of hydrogen-bond acceptors (Lipinski definition) is 6. The lowest BCUT2D eigenvalue weighted by Crippen LogP contribution is -2.57. The first-order chi connectivity index (χ1) is 19.2. The number of imide groups is 2. The molecular weight excluding hydrogens is 664 g/mol. The first-order valence-corrected chi connectivity index (χ1v) is 14.7. The van der Waals surface area contributed by atoms with Gasteiger partial charge in [0.1, 0.15) is 10.5 Å². The first-order valence-electron chi connectivity index (χ1n) is 11.7. The number of nitrogens with zero attached hydrogens (tertiary/aromatic N) is 2. The van der Waals surface area contributed by atoms with Gasteiger partial charge >= 0.3 is 16.1 Å². The van der Waals surface area contributed by atoms with Gasteiger partial charge in [0.2, 0.25) is 0 Å². The van der Waals surface area contributed by atoms with Crippen LogP contribution in [0.3, 0.4) is 0 Å². The van der Waals surface area contributed by atoms with Crippen LogP contribution in [0.15, 0.2) is 123 Å². The Morgan fingerprint density at radius 1 is 0.675 bits per heavy atom. The van der Waals surface area contributed by atoms with Gasteiger partial charge in [-0.15, -0.1) is 0 Å². The lowest BCUT2D eigenvalue weighted by atomic mass is 10.0. The lowest BCUT2D eigenvalue weighted by molar-refractivity contribution is -0.121. The van der Waals surface area contributed by atoms with Crippen LogP contribution in [0.5, 0.6) is 5.75 Å². The van der Waals surface area contributed by atoms with Crippen molar-refractivity contribution in [1.82, 2.24) is 0 Å². The van der Waals surface area contributed by atoms with E-state index < -0.39 is 28.0 Å². The zero-order valence-electron chi connectivity index (χ0n) is 20.4. The van der Waals surface area contributed by atoms with E-state index in [4.69, 9.17) is 4.18 Å². The number of benzene rings is 4. The number of amides is 4. The van der Waals surface area contributed by atoms with E-state index in [1.165, 1.54) is 24.3 Å². The molecule has 0 N–H and O–H groups in total. The van der Waals surface area contributed by atoms with E-state index >= 15 is 0 Å². The molecule has 1 heterocycles. The minimum Gasteiger partial charge on any atom is -0.377 e. The second kappa shape index (κ2) is 11.2. The van der Waals surface area contributed by atoms with Gasteiger partial charge in [-0.25, -0.2) is 14.6 Å². The largest absolute Gasteiger partial charge is 0.377 e. The van der Waals surface area contributed by atoms with E-state index in [1.807, 2.05) is 0 Å². The van der Waals surface area contributed by atoms with E-state index in [0.29, 0.717) is 4.47 Å². The summed E-state index contributed by atoms with van der Waals surface area (Å²) >= 11 is 6.70. The molecule has 11 heteroatoms. The molecule has 8 nitrogen and oxygen atoms in total. The van der Waals surface area contributed by atoms with Crippen LogP contribution in [0.4, 0.5) is 16.2 Å². The maximum Gasteiger partial charge on any atom is 0.343 e. The van der Waals surface area contributed by atoms with Crippen LogP contribution in [0.1, 0.15) is 5.56 Å². The molecular formula is C29H18Br2N2O6S. The molecule has 1 saturated heterocycles. The fourth-order valence-corrected chi connectivity index (χ4v) is 6.45. The molecule has 0 spiro atoms. The molecule has 0 atom stereocenters. The average molecular weight is 682 g/mol. The van der Waals surface area contributed by atoms with E-state index in [2.05, 4.69) is 31.9 Å². The van der Waals surface area contributed by atoms with Crippen molar-refractivity contribution in [2.24, 2.45) is 0 Å². The molecule has 0 saturated carbocycles. The predicted octanol–water partition coefficient (Wildman–Crippen LogP) is 6.56. The van der Waals surface area contributed by atoms with Crippen LogP contribution in [-0.4, -0.2) is 26.3 Å². The van der Waals surface area contributed by atoms with Gasteiger partial charge in [-0.05, 0) is 70.5 Å². The van der Waals surface area contributed by atoms with Crippen molar-refractivity contribution in [2.75, 3.05) is 9.80 Å². The smallest absolute Gasteiger partial charge is 0.343 e. The van der Waals surface area contributed by atoms with Gasteiger partial charge in [0.15, 0.2) is 5.75 Å². The van der Waals surface area contributed by atoms with Crippen molar-refractivity contribution in [3.05, 3.63) is 123 Å². The molecule has 0 bridgehead atoms. The zero-order chi connectivity index (χ0) is 28.4. The fraction of sp³-hybridized carbons (Fsp3) is 0. The topological polar surface area (TPSA) is 101 Å². The summed E-state index contributed by atoms with van der Waals surface area (Å²) in [5.74, 6) is -1.89. The quantitative estimate of drug-likeness (QED) is 0.130. The van der Waals surface area contributed by atoms with Crippen LogP contribution >= 0.6 is 31.9 Å². The fourth-order valence-electron chi connectivity index (χ4n) is 4.01. The van der Waals surface area contributed by atoms with Gasteiger partial charge in [0.05, 0.1) is 15.8 Å². The number of anilines is 2. The van der Waals surface area contributed by atoms with Gasteiger partial charge in [0.25, 0.3) is 11.8 Å². The molecule has 4 aromatic rings. The maximum atomic E-state index is 13.7. The van der Waals surface area contributed by atoms with E-state index in [0.717, 1.165) is 9.80 Å². The number of carbonyl (C=O) groups excluding carboxylic acids is 3. The number of carbonyl (C=O) groups is 3. The number of barbiturate groups is 1. The standard InChI is InChI=1S/C29H18Br2N2O6S/c30-20-16-19(26(25(31)18-20)39-40(37,38)23-14-8-3-9-15-23)17-24-27(34)32(21-10-4-1-5-11-21)29(36)33(28(24)35)22-12-6-2-7-13-22/h1-18H. The third kappa shape index (κ3) is 5.35. The molecule has 4 amide bonds. The Labute approximate surface area is 246 Å². The van der Waals surface area contributed by atoms with Gasteiger partial charge in [-0.2, -0.15) is 8.42 Å². The highest BCUT2D eigenvalue weighted by Crippen LogP contribution is 2.38. The highest BCUT2D eigenvalue weighted by atomic mass is 79.9. The third-order valence-corrected chi connectivity index (χ3v) is 8.12. The summed E-state index contributed by atoms with van der Waals surface area (Å²) in [5, 5.41) is 0. The summed E-state index contributed by atoms with van der Waals surface area (Å²) in [4.78, 5) is 42.7. The molecule has 0 unspecified atom stereocenters. The predicted molar refractivity (Wildman–Crippen MR) is 157 cm³/mol. The van der Waals surface area contributed by atoms with E-state index in [9.17, 15) is 22.8 Å². The summed E-state index contributed by atoms with van der Waals surface area (Å²) in [7, 11) is -4.27. The number of rotatable bonds is 6. The van der Waals surface area contributed by atoms with Crippen molar-refractivity contribution in [2.45, 2.75) is 4.90 Å². The molecule has 40 heavy (non-hydrogen) atoms. The highest BCUT2D eigenvalue weighted by molar-refractivity contribution is 9.11.